The maximum absolute atomic E-state index is 12.3. The first kappa shape index (κ1) is 16.5. The maximum Gasteiger partial charge on any atom is 0.339 e. The van der Waals surface area contributed by atoms with E-state index >= 15 is 0 Å². The predicted octanol–water partition coefficient (Wildman–Crippen LogP) is 3.78. The Morgan fingerprint density at radius 3 is 2.46 bits per heavy atom. The molecule has 5 nitrogen and oxygen atoms in total. The summed E-state index contributed by atoms with van der Waals surface area (Å²) in [6, 6.07) is 11.6. The summed E-state index contributed by atoms with van der Waals surface area (Å²) in [5.74, 6) is 0.0638. The number of halogens is 1. The molecule has 3 aromatic rings. The summed E-state index contributed by atoms with van der Waals surface area (Å²) in [4.78, 5) is 11.6. The molecule has 0 bridgehead atoms. The summed E-state index contributed by atoms with van der Waals surface area (Å²) >= 11 is 5.75. The second-order valence-corrected chi connectivity index (χ2v) is 7.08. The van der Waals surface area contributed by atoms with Gasteiger partial charge in [-0.3, -0.25) is 0 Å². The Bertz CT molecular complexity index is 1050. The first-order valence-corrected chi connectivity index (χ1v) is 8.94. The molecule has 0 atom stereocenters. The van der Waals surface area contributed by atoms with Crippen LogP contribution >= 0.6 is 11.6 Å². The van der Waals surface area contributed by atoms with Gasteiger partial charge >= 0.3 is 15.7 Å². The standard InChI is InChI=1S/C17H13ClO5S/c1-2-11-9-17(19)22-16-10-13(5-8-15(11)16)23-24(20,21)14-6-3-12(18)4-7-14/h3-10H,2H2,1H3. The van der Waals surface area contributed by atoms with Crippen molar-refractivity contribution >= 4 is 32.7 Å². The van der Waals surface area contributed by atoms with Gasteiger partial charge in [0.25, 0.3) is 0 Å². The lowest BCUT2D eigenvalue weighted by Gasteiger charge is -2.08. The van der Waals surface area contributed by atoms with Crippen LogP contribution in [0.2, 0.25) is 5.02 Å². The molecule has 0 unspecified atom stereocenters. The zero-order valence-corrected chi connectivity index (χ0v) is 14.2. The van der Waals surface area contributed by atoms with Crippen molar-refractivity contribution in [1.29, 1.82) is 0 Å². The van der Waals surface area contributed by atoms with Crippen molar-refractivity contribution in [2.24, 2.45) is 0 Å². The van der Waals surface area contributed by atoms with Crippen LogP contribution in [-0.2, 0) is 16.5 Å². The van der Waals surface area contributed by atoms with Crippen molar-refractivity contribution in [2.45, 2.75) is 18.2 Å². The average molecular weight is 365 g/mol. The lowest BCUT2D eigenvalue weighted by molar-refractivity contribution is 0.485. The van der Waals surface area contributed by atoms with E-state index in [2.05, 4.69) is 0 Å². The molecule has 1 aromatic heterocycles. The van der Waals surface area contributed by atoms with Crippen molar-refractivity contribution in [3.63, 3.8) is 0 Å². The largest absolute Gasteiger partial charge is 0.423 e. The Kier molecular flexibility index (Phi) is 4.34. The molecule has 0 fully saturated rings. The molecule has 1 heterocycles. The molecule has 0 aliphatic rings. The number of benzene rings is 2. The number of rotatable bonds is 4. The Morgan fingerprint density at radius 2 is 1.79 bits per heavy atom. The Morgan fingerprint density at radius 1 is 1.08 bits per heavy atom. The van der Waals surface area contributed by atoms with Gasteiger partial charge in [-0.1, -0.05) is 18.5 Å². The van der Waals surface area contributed by atoms with Gasteiger partial charge in [0, 0.05) is 22.5 Å². The average Bonchev–Trinajstić information content (AvgIpc) is 2.53. The van der Waals surface area contributed by atoms with Crippen LogP contribution in [0.4, 0.5) is 0 Å². The fraction of sp³-hybridized carbons (Fsp3) is 0.118. The zero-order valence-electron chi connectivity index (χ0n) is 12.7. The molecule has 2 aromatic carbocycles. The smallest absolute Gasteiger partial charge is 0.339 e. The van der Waals surface area contributed by atoms with E-state index in [9.17, 15) is 13.2 Å². The molecule has 0 spiro atoms. The maximum atomic E-state index is 12.3. The SMILES string of the molecule is CCc1cc(=O)oc2cc(OS(=O)(=O)c3ccc(Cl)cc3)ccc12. The first-order chi connectivity index (χ1) is 11.4. The molecular formula is C17H13ClO5S. The van der Waals surface area contributed by atoms with Gasteiger partial charge in [-0.25, -0.2) is 4.79 Å². The fourth-order valence-electron chi connectivity index (χ4n) is 2.33. The third-order valence-electron chi connectivity index (χ3n) is 3.49. The van der Waals surface area contributed by atoms with Gasteiger partial charge in [0.2, 0.25) is 0 Å². The molecule has 0 aliphatic heterocycles. The van der Waals surface area contributed by atoms with Crippen LogP contribution in [0, 0.1) is 0 Å². The topological polar surface area (TPSA) is 73.6 Å². The highest BCUT2D eigenvalue weighted by Gasteiger charge is 2.17. The summed E-state index contributed by atoms with van der Waals surface area (Å²) in [6.45, 7) is 1.92. The van der Waals surface area contributed by atoms with E-state index in [1.54, 1.807) is 6.07 Å². The van der Waals surface area contributed by atoms with Crippen molar-refractivity contribution in [3.05, 3.63) is 69.5 Å². The molecular weight excluding hydrogens is 352 g/mol. The van der Waals surface area contributed by atoms with Crippen LogP contribution in [0.3, 0.4) is 0 Å². The zero-order chi connectivity index (χ0) is 17.3. The molecule has 0 N–H and O–H groups in total. The van der Waals surface area contributed by atoms with Gasteiger partial charge in [-0.2, -0.15) is 8.42 Å². The van der Waals surface area contributed by atoms with Crippen LogP contribution in [-0.4, -0.2) is 8.42 Å². The molecule has 0 saturated heterocycles. The van der Waals surface area contributed by atoms with E-state index in [0.717, 1.165) is 10.9 Å². The summed E-state index contributed by atoms with van der Waals surface area (Å²) in [6.07, 6.45) is 0.658. The summed E-state index contributed by atoms with van der Waals surface area (Å²) in [7, 11) is -4.00. The normalized spacial score (nSPS) is 11.6. The third-order valence-corrected chi connectivity index (χ3v) is 5.00. The number of aryl methyl sites for hydroxylation is 1. The van der Waals surface area contributed by atoms with Crippen LogP contribution in [0.25, 0.3) is 11.0 Å². The second kappa shape index (κ2) is 6.30. The molecule has 24 heavy (non-hydrogen) atoms. The van der Waals surface area contributed by atoms with Gasteiger partial charge in [-0.05, 0) is 48.4 Å². The number of hydrogen-bond donors (Lipinski definition) is 0. The van der Waals surface area contributed by atoms with Gasteiger partial charge in [0.1, 0.15) is 16.2 Å². The van der Waals surface area contributed by atoms with Crippen LogP contribution in [0.15, 0.2) is 62.6 Å². The minimum absolute atomic E-state index is 0.0178. The highest BCUT2D eigenvalue weighted by atomic mass is 35.5. The van der Waals surface area contributed by atoms with E-state index in [4.69, 9.17) is 20.2 Å². The van der Waals surface area contributed by atoms with Gasteiger partial charge in [0.05, 0.1) is 0 Å². The predicted molar refractivity (Wildman–Crippen MR) is 91.1 cm³/mol. The van der Waals surface area contributed by atoms with E-state index in [0.29, 0.717) is 11.4 Å². The molecule has 124 valence electrons. The van der Waals surface area contributed by atoms with Crippen molar-refractivity contribution in [3.8, 4) is 5.75 Å². The molecule has 0 radical (unpaired) electrons. The van der Waals surface area contributed by atoms with E-state index in [1.807, 2.05) is 6.92 Å². The van der Waals surface area contributed by atoms with Crippen molar-refractivity contribution in [1.82, 2.24) is 0 Å². The molecule has 0 amide bonds. The highest BCUT2D eigenvalue weighted by Crippen LogP contribution is 2.26. The molecule has 7 heteroatoms. The minimum Gasteiger partial charge on any atom is -0.423 e. The quantitative estimate of drug-likeness (QED) is 0.520. The van der Waals surface area contributed by atoms with Crippen LogP contribution in [0.1, 0.15) is 12.5 Å². The van der Waals surface area contributed by atoms with E-state index in [-0.39, 0.29) is 16.2 Å². The Hall–Kier alpha value is -2.31. The summed E-state index contributed by atoms with van der Waals surface area (Å²) in [5.41, 5.74) is 0.619. The minimum atomic E-state index is -4.00. The second-order valence-electron chi connectivity index (χ2n) is 5.09. The fourth-order valence-corrected chi connectivity index (χ4v) is 3.38. The Labute approximate surface area is 143 Å². The molecule has 0 saturated carbocycles. The summed E-state index contributed by atoms with van der Waals surface area (Å²) in [5, 5.41) is 1.17. The van der Waals surface area contributed by atoms with E-state index in [1.165, 1.54) is 42.5 Å². The first-order valence-electron chi connectivity index (χ1n) is 7.16. The van der Waals surface area contributed by atoms with Crippen molar-refractivity contribution < 1.29 is 17.0 Å². The van der Waals surface area contributed by atoms with Gasteiger partial charge in [-0.15, -0.1) is 0 Å². The lowest BCUT2D eigenvalue weighted by Crippen LogP contribution is -2.09. The monoisotopic (exact) mass is 364 g/mol. The highest BCUT2D eigenvalue weighted by molar-refractivity contribution is 7.87. The van der Waals surface area contributed by atoms with E-state index < -0.39 is 15.7 Å². The molecule has 3 rings (SSSR count). The number of hydrogen-bond acceptors (Lipinski definition) is 5. The van der Waals surface area contributed by atoms with Crippen LogP contribution in [0.5, 0.6) is 5.75 Å². The van der Waals surface area contributed by atoms with Gasteiger partial charge < -0.3 is 8.60 Å². The van der Waals surface area contributed by atoms with Crippen molar-refractivity contribution in [2.75, 3.05) is 0 Å². The summed E-state index contributed by atoms with van der Waals surface area (Å²) < 4.78 is 34.8. The third kappa shape index (κ3) is 3.29. The van der Waals surface area contributed by atoms with Crippen LogP contribution < -0.4 is 9.81 Å². The Balaban J connectivity index is 2.01. The lowest BCUT2D eigenvalue weighted by atomic mass is 10.1. The van der Waals surface area contributed by atoms with Gasteiger partial charge in [0.15, 0.2) is 0 Å². The molecule has 0 aliphatic carbocycles. The number of fused-ring (bicyclic) bond motifs is 1.